The first kappa shape index (κ1) is 16.5. The van der Waals surface area contributed by atoms with E-state index in [4.69, 9.17) is 0 Å². The molecule has 0 aliphatic rings. The predicted molar refractivity (Wildman–Crippen MR) is 93.6 cm³/mol. The van der Waals surface area contributed by atoms with Crippen LogP contribution in [0.1, 0.15) is 5.56 Å². The number of aromatic nitrogens is 1. The number of benzene rings is 2. The van der Waals surface area contributed by atoms with E-state index < -0.39 is 9.84 Å². The average molecular weight is 341 g/mol. The van der Waals surface area contributed by atoms with Crippen molar-refractivity contribution in [1.29, 1.82) is 0 Å². The lowest BCUT2D eigenvalue weighted by atomic mass is 10.1. The number of hydrogen-bond acceptors (Lipinski definition) is 3. The van der Waals surface area contributed by atoms with Gasteiger partial charge in [-0.15, -0.1) is 0 Å². The van der Waals surface area contributed by atoms with Crippen LogP contribution in [0.3, 0.4) is 0 Å². The second-order valence-electron chi connectivity index (χ2n) is 5.66. The molecule has 0 saturated carbocycles. The third-order valence-electron chi connectivity index (χ3n) is 3.92. The molecule has 0 unspecified atom stereocenters. The Bertz CT molecular complexity index is 927. The van der Waals surface area contributed by atoms with Crippen LogP contribution in [0.4, 0.5) is 0 Å². The van der Waals surface area contributed by atoms with Gasteiger partial charge in [-0.2, -0.15) is 0 Å². The molecule has 0 spiro atoms. The Kier molecular flexibility index (Phi) is 4.55. The molecule has 4 nitrogen and oxygen atoms in total. The molecule has 24 heavy (non-hydrogen) atoms. The molecule has 0 radical (unpaired) electrons. The summed E-state index contributed by atoms with van der Waals surface area (Å²) in [5.74, 6) is 0. The normalized spacial score (nSPS) is 11.6. The minimum atomic E-state index is -3.58. The summed E-state index contributed by atoms with van der Waals surface area (Å²) in [6.07, 6.45) is 1.59. The van der Waals surface area contributed by atoms with Crippen molar-refractivity contribution >= 4 is 9.84 Å². The van der Waals surface area contributed by atoms with E-state index in [0.717, 1.165) is 16.8 Å². The zero-order valence-corrected chi connectivity index (χ0v) is 14.2. The molecule has 1 heterocycles. The number of rotatable bonds is 5. The molecule has 3 aromatic rings. The maximum absolute atomic E-state index is 12.8. The Balaban J connectivity index is 2.11. The van der Waals surface area contributed by atoms with Gasteiger partial charge in [0, 0.05) is 18.4 Å². The van der Waals surface area contributed by atoms with Gasteiger partial charge in [-0.1, -0.05) is 48.0 Å². The standard InChI is InChI=1S/C19H19NO3S/c1-15-7-9-16(10-8-15)19-13-18(14-20(19)11-12-21)24(22,23)17-5-3-2-4-6-17/h2-10,13-14,21H,11-12H2,1H3. The smallest absolute Gasteiger partial charge is 0.208 e. The molecular weight excluding hydrogens is 322 g/mol. The van der Waals surface area contributed by atoms with Gasteiger partial charge in [-0.3, -0.25) is 0 Å². The molecule has 3 rings (SSSR count). The van der Waals surface area contributed by atoms with Crippen LogP contribution in [-0.2, 0) is 16.4 Å². The summed E-state index contributed by atoms with van der Waals surface area (Å²) in [7, 11) is -3.58. The van der Waals surface area contributed by atoms with Crippen LogP contribution in [0.25, 0.3) is 11.3 Å². The van der Waals surface area contributed by atoms with E-state index in [2.05, 4.69) is 0 Å². The van der Waals surface area contributed by atoms with E-state index in [-0.39, 0.29) is 16.4 Å². The Morgan fingerprint density at radius 2 is 1.62 bits per heavy atom. The highest BCUT2D eigenvalue weighted by molar-refractivity contribution is 7.91. The highest BCUT2D eigenvalue weighted by Gasteiger charge is 2.21. The molecule has 1 N–H and O–H groups in total. The highest BCUT2D eigenvalue weighted by atomic mass is 32.2. The van der Waals surface area contributed by atoms with Gasteiger partial charge in [0.1, 0.15) is 0 Å². The average Bonchev–Trinajstić information content (AvgIpc) is 3.01. The van der Waals surface area contributed by atoms with Gasteiger partial charge in [0.15, 0.2) is 0 Å². The fraction of sp³-hybridized carbons (Fsp3) is 0.158. The van der Waals surface area contributed by atoms with Crippen molar-refractivity contribution in [2.24, 2.45) is 0 Å². The number of aliphatic hydroxyl groups is 1. The fourth-order valence-electron chi connectivity index (χ4n) is 2.63. The number of nitrogens with zero attached hydrogens (tertiary/aromatic N) is 1. The maximum Gasteiger partial charge on any atom is 0.208 e. The van der Waals surface area contributed by atoms with Crippen molar-refractivity contribution in [3.8, 4) is 11.3 Å². The van der Waals surface area contributed by atoms with Crippen LogP contribution in [0, 0.1) is 6.92 Å². The van der Waals surface area contributed by atoms with Crippen LogP contribution < -0.4 is 0 Å². The van der Waals surface area contributed by atoms with E-state index >= 15 is 0 Å². The summed E-state index contributed by atoms with van der Waals surface area (Å²) in [6.45, 7) is 2.29. The molecular formula is C19H19NO3S. The molecule has 0 aliphatic heterocycles. The molecule has 0 aliphatic carbocycles. The van der Waals surface area contributed by atoms with E-state index in [1.165, 1.54) is 0 Å². The maximum atomic E-state index is 12.8. The van der Waals surface area contributed by atoms with Gasteiger partial charge in [0.05, 0.1) is 16.4 Å². The van der Waals surface area contributed by atoms with Gasteiger partial charge in [0.25, 0.3) is 0 Å². The minimum absolute atomic E-state index is 0.0572. The Labute approximate surface area is 141 Å². The van der Waals surface area contributed by atoms with Crippen LogP contribution in [0.15, 0.2) is 76.7 Å². The summed E-state index contributed by atoms with van der Waals surface area (Å²) >= 11 is 0. The molecule has 5 heteroatoms. The summed E-state index contributed by atoms with van der Waals surface area (Å²) < 4.78 is 27.4. The Morgan fingerprint density at radius 1 is 0.958 bits per heavy atom. The van der Waals surface area contributed by atoms with E-state index in [1.807, 2.05) is 31.2 Å². The van der Waals surface area contributed by atoms with Crippen molar-refractivity contribution in [3.05, 3.63) is 72.4 Å². The molecule has 0 saturated heterocycles. The quantitative estimate of drug-likeness (QED) is 0.775. The third-order valence-corrected chi connectivity index (χ3v) is 5.66. The van der Waals surface area contributed by atoms with Crippen molar-refractivity contribution in [1.82, 2.24) is 4.57 Å². The SMILES string of the molecule is Cc1ccc(-c2cc(S(=O)(=O)c3ccccc3)cn2CCO)cc1. The first-order valence-corrected chi connectivity index (χ1v) is 9.19. The first-order valence-electron chi connectivity index (χ1n) is 7.70. The van der Waals surface area contributed by atoms with E-state index in [0.29, 0.717) is 6.54 Å². The van der Waals surface area contributed by atoms with Gasteiger partial charge in [-0.25, -0.2) is 8.42 Å². The molecule has 0 bridgehead atoms. The van der Waals surface area contributed by atoms with E-state index in [9.17, 15) is 13.5 Å². The first-order chi connectivity index (χ1) is 11.5. The molecule has 0 fully saturated rings. The van der Waals surface area contributed by atoms with Crippen molar-refractivity contribution in [2.45, 2.75) is 23.3 Å². The lowest BCUT2D eigenvalue weighted by Gasteiger charge is -2.07. The van der Waals surface area contributed by atoms with Crippen LogP contribution in [0.2, 0.25) is 0 Å². The van der Waals surface area contributed by atoms with Crippen molar-refractivity contribution in [3.63, 3.8) is 0 Å². The summed E-state index contributed by atoms with van der Waals surface area (Å²) in [6, 6.07) is 17.9. The second-order valence-corrected chi connectivity index (χ2v) is 7.61. The third kappa shape index (κ3) is 3.13. The lowest BCUT2D eigenvalue weighted by molar-refractivity contribution is 0.277. The molecule has 0 amide bonds. The van der Waals surface area contributed by atoms with Crippen LogP contribution >= 0.6 is 0 Å². The largest absolute Gasteiger partial charge is 0.395 e. The molecule has 1 aromatic heterocycles. The zero-order valence-electron chi connectivity index (χ0n) is 13.4. The number of aliphatic hydroxyl groups excluding tert-OH is 1. The summed E-state index contributed by atoms with van der Waals surface area (Å²) in [5.41, 5.74) is 2.83. The zero-order chi connectivity index (χ0) is 17.2. The number of sulfone groups is 1. The Morgan fingerprint density at radius 3 is 2.25 bits per heavy atom. The van der Waals surface area contributed by atoms with Crippen molar-refractivity contribution < 1.29 is 13.5 Å². The molecule has 124 valence electrons. The van der Waals surface area contributed by atoms with Gasteiger partial charge < -0.3 is 9.67 Å². The van der Waals surface area contributed by atoms with Crippen LogP contribution in [0.5, 0.6) is 0 Å². The number of hydrogen-bond donors (Lipinski definition) is 1. The summed E-state index contributed by atoms with van der Waals surface area (Å²) in [5, 5.41) is 9.29. The number of aryl methyl sites for hydroxylation is 1. The summed E-state index contributed by atoms with van der Waals surface area (Å²) in [4.78, 5) is 0.499. The lowest BCUT2D eigenvalue weighted by Crippen LogP contribution is -2.03. The minimum Gasteiger partial charge on any atom is -0.395 e. The Hall–Kier alpha value is -2.37. The molecule has 0 atom stereocenters. The van der Waals surface area contributed by atoms with Crippen molar-refractivity contribution in [2.75, 3.05) is 6.61 Å². The van der Waals surface area contributed by atoms with Gasteiger partial charge in [0.2, 0.25) is 9.84 Å². The second kappa shape index (κ2) is 6.63. The fourth-order valence-corrected chi connectivity index (χ4v) is 3.95. The highest BCUT2D eigenvalue weighted by Crippen LogP contribution is 2.28. The molecule has 2 aromatic carbocycles. The van der Waals surface area contributed by atoms with Gasteiger partial charge >= 0.3 is 0 Å². The topological polar surface area (TPSA) is 59.3 Å². The van der Waals surface area contributed by atoms with Crippen LogP contribution in [-0.4, -0.2) is 24.7 Å². The van der Waals surface area contributed by atoms with E-state index in [1.54, 1.807) is 47.2 Å². The monoisotopic (exact) mass is 341 g/mol. The van der Waals surface area contributed by atoms with Gasteiger partial charge in [-0.05, 0) is 30.7 Å². The predicted octanol–water partition coefficient (Wildman–Crippen LogP) is 3.29.